The number of benzene rings is 2. The second-order valence-corrected chi connectivity index (χ2v) is 10.1. The van der Waals surface area contributed by atoms with Crippen LogP contribution in [0.25, 0.3) is 21.9 Å². The summed E-state index contributed by atoms with van der Waals surface area (Å²) in [5.74, 6) is 1.01. The van der Waals surface area contributed by atoms with E-state index in [-0.39, 0.29) is 10.5 Å². The van der Waals surface area contributed by atoms with E-state index < -0.39 is 10.0 Å². The molecule has 0 aliphatic heterocycles. The maximum atomic E-state index is 12.9. The highest BCUT2D eigenvalue weighted by Crippen LogP contribution is 2.28. The molecule has 0 fully saturated rings. The van der Waals surface area contributed by atoms with Gasteiger partial charge < -0.3 is 9.55 Å². The van der Waals surface area contributed by atoms with E-state index in [1.54, 1.807) is 18.2 Å². The summed E-state index contributed by atoms with van der Waals surface area (Å²) in [6, 6.07) is 12.3. The zero-order valence-electron chi connectivity index (χ0n) is 18.2. The molecule has 2 aromatic carbocycles. The van der Waals surface area contributed by atoms with Crippen LogP contribution in [0.15, 0.2) is 57.3 Å². The highest BCUT2D eigenvalue weighted by atomic mass is 32.2. The predicted molar refractivity (Wildman–Crippen MR) is 127 cm³/mol. The van der Waals surface area contributed by atoms with Crippen LogP contribution in [0.4, 0.5) is 0 Å². The van der Waals surface area contributed by atoms with Gasteiger partial charge in [0, 0.05) is 19.6 Å². The zero-order chi connectivity index (χ0) is 22.9. The minimum Gasteiger partial charge on any atom is -0.319 e. The molecule has 0 aliphatic rings. The Hall–Kier alpha value is -2.69. The molecule has 0 aliphatic carbocycles. The number of aromatic amines is 1. The van der Waals surface area contributed by atoms with Crippen LogP contribution in [0, 0.1) is 0 Å². The van der Waals surface area contributed by atoms with Gasteiger partial charge in [0.1, 0.15) is 5.82 Å². The van der Waals surface area contributed by atoms with Crippen LogP contribution in [0.5, 0.6) is 0 Å². The highest BCUT2D eigenvalue weighted by molar-refractivity contribution is 7.98. The van der Waals surface area contributed by atoms with Gasteiger partial charge in [-0.2, -0.15) is 4.31 Å². The van der Waals surface area contributed by atoms with Gasteiger partial charge in [0.2, 0.25) is 10.0 Å². The molecule has 0 bridgehead atoms. The van der Waals surface area contributed by atoms with Crippen LogP contribution >= 0.6 is 11.8 Å². The maximum Gasteiger partial charge on any atom is 0.258 e. The summed E-state index contributed by atoms with van der Waals surface area (Å²) >= 11 is 1.46. The number of H-pyrrole nitrogens is 1. The first-order chi connectivity index (χ1) is 15.4. The molecule has 0 unspecified atom stereocenters. The van der Waals surface area contributed by atoms with Gasteiger partial charge in [-0.15, -0.1) is 0 Å². The molecule has 2 heterocycles. The van der Waals surface area contributed by atoms with Crippen molar-refractivity contribution in [3.05, 3.63) is 58.6 Å². The van der Waals surface area contributed by atoms with Gasteiger partial charge in [-0.25, -0.2) is 18.4 Å². The van der Waals surface area contributed by atoms with E-state index in [0.717, 1.165) is 10.7 Å². The predicted octanol–water partition coefficient (Wildman–Crippen LogP) is 3.62. The fraction of sp³-hybridized carbons (Fsp3) is 0.318. The summed E-state index contributed by atoms with van der Waals surface area (Å²) in [5.41, 5.74) is 1.99. The van der Waals surface area contributed by atoms with Crippen molar-refractivity contribution in [3.8, 4) is 0 Å². The first-order valence-electron chi connectivity index (χ1n) is 10.5. The minimum absolute atomic E-state index is 0.165. The van der Waals surface area contributed by atoms with E-state index in [1.165, 1.54) is 16.1 Å². The Balaban J connectivity index is 1.67. The lowest BCUT2D eigenvalue weighted by Gasteiger charge is -2.18. The molecule has 0 amide bonds. The van der Waals surface area contributed by atoms with Gasteiger partial charge in [-0.05, 0) is 37.3 Å². The summed E-state index contributed by atoms with van der Waals surface area (Å²) in [4.78, 5) is 24.6. The number of sulfonamides is 1. The number of fused-ring (bicyclic) bond motifs is 2. The highest BCUT2D eigenvalue weighted by Gasteiger charge is 2.23. The van der Waals surface area contributed by atoms with E-state index >= 15 is 0 Å². The van der Waals surface area contributed by atoms with Crippen molar-refractivity contribution in [2.45, 2.75) is 43.1 Å². The third-order valence-electron chi connectivity index (χ3n) is 5.34. The smallest absolute Gasteiger partial charge is 0.258 e. The lowest BCUT2D eigenvalue weighted by molar-refractivity contribution is 0.445. The third-order valence-corrected chi connectivity index (χ3v) is 8.38. The van der Waals surface area contributed by atoms with Crippen molar-refractivity contribution in [2.75, 3.05) is 13.1 Å². The monoisotopic (exact) mass is 471 g/mol. The molecule has 8 nitrogen and oxygen atoms in total. The van der Waals surface area contributed by atoms with Crippen LogP contribution in [0.3, 0.4) is 0 Å². The van der Waals surface area contributed by atoms with Gasteiger partial charge in [0.25, 0.3) is 5.56 Å². The van der Waals surface area contributed by atoms with E-state index in [1.807, 2.05) is 49.6 Å². The quantitative estimate of drug-likeness (QED) is 0.394. The number of thioether (sulfide) groups is 1. The van der Waals surface area contributed by atoms with Gasteiger partial charge >= 0.3 is 0 Å². The SMILES string of the molecule is CCN(CC)S(=O)(=O)c1ccc2c(c1)nc(SCc1nc3ccccc3c(=O)[nH]1)n2CC. The number of hydrogen-bond acceptors (Lipinski definition) is 6. The molecule has 4 rings (SSSR count). The number of rotatable bonds is 8. The van der Waals surface area contributed by atoms with E-state index in [2.05, 4.69) is 9.97 Å². The van der Waals surface area contributed by atoms with Crippen LogP contribution in [-0.2, 0) is 22.3 Å². The van der Waals surface area contributed by atoms with Gasteiger partial charge in [-0.1, -0.05) is 37.7 Å². The number of para-hydroxylation sites is 1. The molecule has 0 saturated heterocycles. The van der Waals surface area contributed by atoms with Crippen molar-refractivity contribution < 1.29 is 8.42 Å². The van der Waals surface area contributed by atoms with E-state index in [0.29, 0.717) is 47.6 Å². The maximum absolute atomic E-state index is 12.9. The van der Waals surface area contributed by atoms with Crippen LogP contribution in [-0.4, -0.2) is 45.3 Å². The molecule has 0 atom stereocenters. The number of nitrogens with one attached hydrogen (secondary N) is 1. The molecule has 32 heavy (non-hydrogen) atoms. The molecule has 10 heteroatoms. The number of aryl methyl sites for hydroxylation is 1. The van der Waals surface area contributed by atoms with Gasteiger partial charge in [0.15, 0.2) is 5.16 Å². The lowest BCUT2D eigenvalue weighted by Crippen LogP contribution is -2.30. The summed E-state index contributed by atoms with van der Waals surface area (Å²) in [6.45, 7) is 7.18. The van der Waals surface area contributed by atoms with Crippen molar-refractivity contribution in [2.24, 2.45) is 0 Å². The molecule has 168 valence electrons. The van der Waals surface area contributed by atoms with Gasteiger partial charge in [-0.3, -0.25) is 4.79 Å². The molecular formula is C22H25N5O3S2. The zero-order valence-corrected chi connectivity index (χ0v) is 19.8. The first kappa shape index (κ1) is 22.5. The average Bonchev–Trinajstić information content (AvgIpc) is 3.15. The Labute approximate surface area is 190 Å². The summed E-state index contributed by atoms with van der Waals surface area (Å²) in [5, 5.41) is 1.31. The first-order valence-corrected chi connectivity index (χ1v) is 12.9. The Morgan fingerprint density at radius 3 is 2.50 bits per heavy atom. The molecule has 2 aromatic heterocycles. The second-order valence-electron chi connectivity index (χ2n) is 7.20. The van der Waals surface area contributed by atoms with Gasteiger partial charge in [0.05, 0.1) is 32.6 Å². The number of nitrogens with zero attached hydrogens (tertiary/aromatic N) is 4. The molecule has 1 N–H and O–H groups in total. The van der Waals surface area contributed by atoms with Crippen LogP contribution in [0.2, 0.25) is 0 Å². The lowest BCUT2D eigenvalue weighted by atomic mass is 10.2. The summed E-state index contributed by atoms with van der Waals surface area (Å²) in [6.07, 6.45) is 0. The van der Waals surface area contributed by atoms with Crippen molar-refractivity contribution in [3.63, 3.8) is 0 Å². The average molecular weight is 472 g/mol. The van der Waals surface area contributed by atoms with Crippen molar-refractivity contribution >= 4 is 43.7 Å². The number of imidazole rings is 1. The number of hydrogen-bond donors (Lipinski definition) is 1. The standard InChI is InChI=1S/C22H25N5O3S2/c1-4-26(5-2)32(29,30)15-11-12-19-18(13-15)24-22(27(19)6-3)31-14-20-23-17-10-8-7-9-16(17)21(28)25-20/h7-13H,4-6,14H2,1-3H3,(H,23,25,28). The molecule has 0 spiro atoms. The summed E-state index contributed by atoms with van der Waals surface area (Å²) in [7, 11) is -3.56. The minimum atomic E-state index is -3.56. The Kier molecular flexibility index (Phi) is 6.36. The van der Waals surface area contributed by atoms with E-state index in [9.17, 15) is 13.2 Å². The van der Waals surface area contributed by atoms with Crippen LogP contribution in [0.1, 0.15) is 26.6 Å². The third kappa shape index (κ3) is 4.05. The Morgan fingerprint density at radius 1 is 1.03 bits per heavy atom. The largest absolute Gasteiger partial charge is 0.319 e. The van der Waals surface area contributed by atoms with Crippen molar-refractivity contribution in [1.29, 1.82) is 0 Å². The normalized spacial score (nSPS) is 12.2. The fourth-order valence-electron chi connectivity index (χ4n) is 3.71. The van der Waals surface area contributed by atoms with E-state index in [4.69, 9.17) is 4.98 Å². The Bertz CT molecular complexity index is 1440. The number of aromatic nitrogens is 4. The molecule has 0 saturated carbocycles. The molecule has 4 aromatic rings. The Morgan fingerprint density at radius 2 is 1.78 bits per heavy atom. The second kappa shape index (κ2) is 9.05. The fourth-order valence-corrected chi connectivity index (χ4v) is 6.14. The molecular weight excluding hydrogens is 446 g/mol. The van der Waals surface area contributed by atoms with Crippen LogP contribution < -0.4 is 5.56 Å². The summed E-state index contributed by atoms with van der Waals surface area (Å²) < 4.78 is 29.3. The van der Waals surface area contributed by atoms with Crippen molar-refractivity contribution in [1.82, 2.24) is 23.8 Å². The topological polar surface area (TPSA) is 101 Å². The molecule has 0 radical (unpaired) electrons.